The van der Waals surface area contributed by atoms with Crippen molar-refractivity contribution in [2.45, 2.75) is 32.1 Å². The summed E-state index contributed by atoms with van der Waals surface area (Å²) in [6.45, 7) is 6.36. The maximum atomic E-state index is 12.3. The highest BCUT2D eigenvalue weighted by atomic mass is 32.2. The van der Waals surface area contributed by atoms with E-state index in [1.54, 1.807) is 18.2 Å². The number of nitrogens with zero attached hydrogens (tertiary/aromatic N) is 2. The van der Waals surface area contributed by atoms with Crippen LogP contribution >= 0.6 is 11.3 Å². The molecular weight excluding hydrogens is 432 g/mol. The van der Waals surface area contributed by atoms with Gasteiger partial charge in [0.05, 0.1) is 17.1 Å². The van der Waals surface area contributed by atoms with E-state index in [4.69, 9.17) is 0 Å². The number of aliphatic imine (C=N–C) groups is 1. The van der Waals surface area contributed by atoms with E-state index in [9.17, 15) is 13.2 Å². The Labute approximate surface area is 185 Å². The number of benzene rings is 2. The van der Waals surface area contributed by atoms with Crippen molar-refractivity contribution in [3.05, 3.63) is 64.0 Å². The molecule has 0 spiro atoms. The van der Waals surface area contributed by atoms with Crippen molar-refractivity contribution in [3.8, 4) is 11.3 Å². The lowest BCUT2D eigenvalue weighted by atomic mass is 9.99. The second-order valence-electron chi connectivity index (χ2n) is 7.42. The maximum Gasteiger partial charge on any atom is 0.263 e. The highest BCUT2D eigenvalue weighted by molar-refractivity contribution is 7.90. The average Bonchev–Trinajstić information content (AvgIpc) is 3.27. The molecule has 0 fully saturated rings. The lowest BCUT2D eigenvalue weighted by Crippen LogP contribution is -2.23. The average molecular weight is 455 g/mol. The van der Waals surface area contributed by atoms with Gasteiger partial charge in [-0.05, 0) is 55.7 Å². The minimum atomic E-state index is -3.58. The number of aromatic nitrogens is 1. The highest BCUT2D eigenvalue weighted by Gasteiger charge is 2.29. The number of carbonyl (C=O) groups is 1. The predicted octanol–water partition coefficient (Wildman–Crippen LogP) is 3.80. The van der Waals surface area contributed by atoms with E-state index < -0.39 is 10.0 Å². The molecule has 1 amide bonds. The van der Waals surface area contributed by atoms with Gasteiger partial charge in [-0.1, -0.05) is 18.2 Å². The molecule has 2 N–H and O–H groups in total. The molecule has 0 atom stereocenters. The number of amides is 1. The van der Waals surface area contributed by atoms with Crippen molar-refractivity contribution >= 4 is 38.2 Å². The molecule has 0 aliphatic carbocycles. The molecule has 9 heteroatoms. The molecule has 2 aromatic carbocycles. The molecule has 0 unspecified atom stereocenters. The third-order valence-corrected chi connectivity index (χ3v) is 7.29. The van der Waals surface area contributed by atoms with Crippen LogP contribution in [-0.4, -0.2) is 31.7 Å². The van der Waals surface area contributed by atoms with Gasteiger partial charge in [0.15, 0.2) is 5.13 Å². The van der Waals surface area contributed by atoms with Crippen LogP contribution in [0.25, 0.3) is 11.3 Å². The standard InChI is InChI=1S/C22H22N4O3S2/c1-13-10-15(3)17(11-14(13)2)18-12-30-22(24-18)25-20(27)8-9-23-21-16-6-4-5-7-19(16)31(28,29)26-21/h4-7,10-12H,8-9H2,1-3H3,(H,23,26)(H,24,25,27). The molecule has 160 valence electrons. The predicted molar refractivity (Wildman–Crippen MR) is 123 cm³/mol. The number of fused-ring (bicyclic) bond motifs is 1. The molecule has 4 rings (SSSR count). The molecular formula is C22H22N4O3S2. The van der Waals surface area contributed by atoms with Crippen LogP contribution < -0.4 is 10.0 Å². The van der Waals surface area contributed by atoms with Crippen LogP contribution in [0.3, 0.4) is 0 Å². The van der Waals surface area contributed by atoms with E-state index >= 15 is 0 Å². The fraction of sp³-hybridized carbons (Fsp3) is 0.227. The molecule has 0 saturated carbocycles. The fourth-order valence-corrected chi connectivity index (χ4v) is 5.37. The molecule has 1 aliphatic rings. The van der Waals surface area contributed by atoms with Crippen LogP contribution in [0.1, 0.15) is 28.7 Å². The molecule has 0 radical (unpaired) electrons. The highest BCUT2D eigenvalue weighted by Crippen LogP contribution is 2.29. The van der Waals surface area contributed by atoms with E-state index in [1.807, 2.05) is 12.3 Å². The number of aryl methyl sites for hydroxylation is 3. The van der Waals surface area contributed by atoms with E-state index in [-0.39, 0.29) is 29.6 Å². The first-order chi connectivity index (χ1) is 14.7. The summed E-state index contributed by atoms with van der Waals surface area (Å²) in [5.74, 6) is 0.0429. The molecule has 0 bridgehead atoms. The Bertz CT molecular complexity index is 1310. The van der Waals surface area contributed by atoms with Crippen LogP contribution in [0.15, 0.2) is 51.7 Å². The fourth-order valence-electron chi connectivity index (χ4n) is 3.39. The summed E-state index contributed by atoms with van der Waals surface area (Å²) < 4.78 is 26.6. The Hall–Kier alpha value is -3.04. The molecule has 1 aliphatic heterocycles. The Morgan fingerprint density at radius 1 is 1.10 bits per heavy atom. The number of nitrogens with one attached hydrogen (secondary N) is 2. The topological polar surface area (TPSA) is 101 Å². The van der Waals surface area contributed by atoms with Crippen molar-refractivity contribution in [2.75, 3.05) is 11.9 Å². The second-order valence-corrected chi connectivity index (χ2v) is 9.93. The Kier molecular flexibility index (Phi) is 5.63. The SMILES string of the molecule is Cc1cc(C)c(-c2csc(NC(=O)CCN=C3NS(=O)(=O)c4ccccc43)n2)cc1C. The Balaban J connectivity index is 1.40. The zero-order chi connectivity index (χ0) is 22.2. The van der Waals surface area contributed by atoms with Crippen LogP contribution in [0.5, 0.6) is 0 Å². The third-order valence-electron chi connectivity index (χ3n) is 5.14. The maximum absolute atomic E-state index is 12.3. The lowest BCUT2D eigenvalue weighted by molar-refractivity contribution is -0.116. The van der Waals surface area contributed by atoms with Crippen molar-refractivity contribution in [2.24, 2.45) is 4.99 Å². The molecule has 2 heterocycles. The summed E-state index contributed by atoms with van der Waals surface area (Å²) in [7, 11) is -3.58. The second kappa shape index (κ2) is 8.24. The first kappa shape index (κ1) is 21.2. The van der Waals surface area contributed by atoms with Gasteiger partial charge < -0.3 is 5.32 Å². The van der Waals surface area contributed by atoms with Crippen LogP contribution in [0.2, 0.25) is 0 Å². The monoisotopic (exact) mass is 454 g/mol. The number of rotatable bonds is 5. The quantitative estimate of drug-likeness (QED) is 0.612. The minimum absolute atomic E-state index is 0.116. The number of sulfonamides is 1. The van der Waals surface area contributed by atoms with Crippen molar-refractivity contribution in [1.82, 2.24) is 9.71 Å². The van der Waals surface area contributed by atoms with Crippen LogP contribution in [-0.2, 0) is 14.8 Å². The normalized spacial score (nSPS) is 15.5. The third kappa shape index (κ3) is 4.38. The first-order valence-corrected chi connectivity index (χ1v) is 12.1. The number of thiazole rings is 1. The molecule has 3 aromatic rings. The van der Waals surface area contributed by atoms with Gasteiger partial charge >= 0.3 is 0 Å². The minimum Gasteiger partial charge on any atom is -0.302 e. The van der Waals surface area contributed by atoms with E-state index in [0.717, 1.165) is 16.8 Å². The molecule has 0 saturated heterocycles. The van der Waals surface area contributed by atoms with Gasteiger partial charge in [-0.25, -0.2) is 13.4 Å². The Morgan fingerprint density at radius 3 is 2.65 bits per heavy atom. The smallest absolute Gasteiger partial charge is 0.263 e. The van der Waals surface area contributed by atoms with Gasteiger partial charge in [0.2, 0.25) is 5.91 Å². The summed E-state index contributed by atoms with van der Waals surface area (Å²) >= 11 is 1.37. The summed E-state index contributed by atoms with van der Waals surface area (Å²) in [4.78, 5) is 21.3. The van der Waals surface area contributed by atoms with Gasteiger partial charge in [-0.2, -0.15) is 0 Å². The first-order valence-electron chi connectivity index (χ1n) is 9.75. The summed E-state index contributed by atoms with van der Waals surface area (Å²) in [6.07, 6.45) is 0.116. The Morgan fingerprint density at radius 2 is 1.84 bits per heavy atom. The molecule has 7 nitrogen and oxygen atoms in total. The summed E-state index contributed by atoms with van der Waals surface area (Å²) in [6, 6.07) is 10.9. The number of hydrogen-bond acceptors (Lipinski definition) is 6. The molecule has 1 aromatic heterocycles. The van der Waals surface area contributed by atoms with Crippen molar-refractivity contribution in [1.29, 1.82) is 0 Å². The zero-order valence-corrected chi connectivity index (χ0v) is 19.0. The number of carbonyl (C=O) groups excluding carboxylic acids is 1. The van der Waals surface area contributed by atoms with Gasteiger partial charge in [0.25, 0.3) is 10.0 Å². The van der Waals surface area contributed by atoms with Gasteiger partial charge in [0.1, 0.15) is 5.84 Å². The largest absolute Gasteiger partial charge is 0.302 e. The van der Waals surface area contributed by atoms with Gasteiger partial charge in [-0.15, -0.1) is 11.3 Å². The number of anilines is 1. The van der Waals surface area contributed by atoms with Crippen LogP contribution in [0, 0.1) is 20.8 Å². The van der Waals surface area contributed by atoms with Crippen molar-refractivity contribution < 1.29 is 13.2 Å². The number of amidine groups is 1. The summed E-state index contributed by atoms with van der Waals surface area (Å²) in [5.41, 5.74) is 5.98. The van der Waals surface area contributed by atoms with Crippen LogP contribution in [0.4, 0.5) is 5.13 Å². The van der Waals surface area contributed by atoms with Gasteiger partial charge in [0, 0.05) is 22.9 Å². The van der Waals surface area contributed by atoms with Crippen molar-refractivity contribution in [3.63, 3.8) is 0 Å². The summed E-state index contributed by atoms with van der Waals surface area (Å²) in [5, 5.41) is 5.25. The van der Waals surface area contributed by atoms with Gasteiger partial charge in [-0.3, -0.25) is 14.5 Å². The van der Waals surface area contributed by atoms with E-state index in [2.05, 4.69) is 46.0 Å². The zero-order valence-electron chi connectivity index (χ0n) is 17.4. The lowest BCUT2D eigenvalue weighted by Gasteiger charge is -2.07. The van der Waals surface area contributed by atoms with E-state index in [1.165, 1.54) is 28.5 Å². The molecule has 31 heavy (non-hydrogen) atoms. The number of hydrogen-bond donors (Lipinski definition) is 2. The van der Waals surface area contributed by atoms with E-state index in [0.29, 0.717) is 10.7 Å².